The molecule has 198 valence electrons. The minimum atomic E-state index is -0.467. The number of thioether (sulfide) groups is 1. The molecule has 1 atom stereocenters. The van der Waals surface area contributed by atoms with E-state index in [2.05, 4.69) is 36.9 Å². The maximum absolute atomic E-state index is 13.2. The number of benzene rings is 3. The Hall–Kier alpha value is -3.73. The summed E-state index contributed by atoms with van der Waals surface area (Å²) in [7, 11) is 0. The lowest BCUT2D eigenvalue weighted by Crippen LogP contribution is -2.30. The molecule has 39 heavy (non-hydrogen) atoms. The molecule has 0 bridgehead atoms. The molecule has 0 fully saturated rings. The predicted molar refractivity (Wildman–Crippen MR) is 162 cm³/mol. The molecule has 0 radical (unpaired) electrons. The van der Waals surface area contributed by atoms with Crippen molar-refractivity contribution in [3.63, 3.8) is 0 Å². The van der Waals surface area contributed by atoms with Gasteiger partial charge in [-0.05, 0) is 74.0 Å². The van der Waals surface area contributed by atoms with E-state index >= 15 is 0 Å². The summed E-state index contributed by atoms with van der Waals surface area (Å²) in [4.78, 5) is 43.7. The van der Waals surface area contributed by atoms with E-state index in [0.29, 0.717) is 16.4 Å². The van der Waals surface area contributed by atoms with Crippen LogP contribution in [0.4, 0.5) is 10.8 Å². The molecule has 3 amide bonds. The Kier molecular flexibility index (Phi) is 9.69. The van der Waals surface area contributed by atoms with Crippen LogP contribution in [0, 0.1) is 6.92 Å². The highest BCUT2D eigenvalue weighted by atomic mass is 79.9. The number of hydrogen-bond donors (Lipinski definition) is 3. The zero-order chi connectivity index (χ0) is 27.8. The Labute approximate surface area is 243 Å². The highest BCUT2D eigenvalue weighted by Crippen LogP contribution is 2.26. The van der Waals surface area contributed by atoms with Gasteiger partial charge in [0, 0.05) is 26.0 Å². The number of carbonyl (C=O) groups excluding carboxylic acids is 3. The highest BCUT2D eigenvalue weighted by molar-refractivity contribution is 9.10. The Morgan fingerprint density at radius 1 is 0.974 bits per heavy atom. The number of thiazole rings is 1. The van der Waals surface area contributed by atoms with Gasteiger partial charge in [-0.1, -0.05) is 46.3 Å². The molecule has 1 aromatic heterocycles. The van der Waals surface area contributed by atoms with Crippen LogP contribution >= 0.6 is 39.0 Å². The molecule has 0 saturated heterocycles. The van der Waals surface area contributed by atoms with Crippen LogP contribution in [0.5, 0.6) is 0 Å². The molecular weight excluding hydrogens is 596 g/mol. The molecule has 0 aliphatic carbocycles. The number of aromatic nitrogens is 1. The summed E-state index contributed by atoms with van der Waals surface area (Å²) in [5, 5.41) is 10.5. The zero-order valence-corrected chi connectivity index (χ0v) is 24.3. The summed E-state index contributed by atoms with van der Waals surface area (Å²) in [6.45, 7) is 3.70. The molecule has 3 aromatic carbocycles. The monoisotopic (exact) mass is 620 g/mol. The van der Waals surface area contributed by atoms with Crippen LogP contribution in [0.25, 0.3) is 6.08 Å². The van der Waals surface area contributed by atoms with E-state index in [1.165, 1.54) is 23.1 Å². The Balaban J connectivity index is 1.43. The first-order chi connectivity index (χ1) is 18.8. The lowest BCUT2D eigenvalue weighted by molar-refractivity contribution is -0.115. The molecule has 7 nitrogen and oxygen atoms in total. The number of hydrogen-bond acceptors (Lipinski definition) is 6. The second kappa shape index (κ2) is 13.4. The molecule has 0 aliphatic heterocycles. The van der Waals surface area contributed by atoms with Gasteiger partial charge in [0.15, 0.2) is 5.13 Å². The van der Waals surface area contributed by atoms with Crippen molar-refractivity contribution < 1.29 is 14.4 Å². The molecule has 0 aliphatic rings. The second-order valence-corrected chi connectivity index (χ2v) is 11.6. The molecule has 10 heteroatoms. The Morgan fingerprint density at radius 3 is 2.38 bits per heavy atom. The zero-order valence-electron chi connectivity index (χ0n) is 21.1. The first kappa shape index (κ1) is 28.3. The molecular formula is C29H25BrN4O3S2. The maximum atomic E-state index is 13.2. The number of anilines is 2. The van der Waals surface area contributed by atoms with E-state index in [1.54, 1.807) is 42.5 Å². The Bertz CT molecular complexity index is 1500. The second-order valence-electron chi connectivity index (χ2n) is 8.46. The van der Waals surface area contributed by atoms with Gasteiger partial charge in [-0.15, -0.1) is 23.1 Å². The summed E-state index contributed by atoms with van der Waals surface area (Å²) in [5.74, 6) is -0.992. The number of rotatable bonds is 9. The van der Waals surface area contributed by atoms with Crippen molar-refractivity contribution in [1.29, 1.82) is 0 Å². The lowest BCUT2D eigenvalue weighted by atomic mass is 10.1. The van der Waals surface area contributed by atoms with Crippen molar-refractivity contribution in [3.05, 3.63) is 111 Å². The van der Waals surface area contributed by atoms with Gasteiger partial charge in [0.1, 0.15) is 5.70 Å². The minimum Gasteiger partial charge on any atom is -0.321 e. The minimum absolute atomic E-state index is 0.100. The fourth-order valence-electron chi connectivity index (χ4n) is 3.40. The van der Waals surface area contributed by atoms with Crippen LogP contribution in [0.15, 0.2) is 99.3 Å². The number of aryl methyl sites for hydroxylation is 1. The van der Waals surface area contributed by atoms with Crippen LogP contribution < -0.4 is 16.0 Å². The van der Waals surface area contributed by atoms with Gasteiger partial charge in [-0.2, -0.15) is 0 Å². The first-order valence-electron chi connectivity index (χ1n) is 11.9. The van der Waals surface area contributed by atoms with E-state index in [0.717, 1.165) is 20.6 Å². The van der Waals surface area contributed by atoms with Crippen LogP contribution in [-0.2, 0) is 9.59 Å². The summed E-state index contributed by atoms with van der Waals surface area (Å²) in [6.07, 6.45) is 1.62. The molecule has 4 aromatic rings. The molecule has 3 N–H and O–H groups in total. The SMILES string of the molecule is Cc1csc(NC(=O)C(C)Sc2ccc(NC(=O)/C(=C/c3cccc(Br)c3)NC(=O)c3ccccc3)cc2)n1. The van der Waals surface area contributed by atoms with Gasteiger partial charge in [-0.3, -0.25) is 14.4 Å². The van der Waals surface area contributed by atoms with Crippen LogP contribution in [0.3, 0.4) is 0 Å². The van der Waals surface area contributed by atoms with Crippen molar-refractivity contribution in [2.75, 3.05) is 10.6 Å². The third kappa shape index (κ3) is 8.38. The first-order valence-corrected chi connectivity index (χ1v) is 14.5. The van der Waals surface area contributed by atoms with Gasteiger partial charge in [0.2, 0.25) is 5.91 Å². The van der Waals surface area contributed by atoms with Gasteiger partial charge in [0.25, 0.3) is 11.8 Å². The average Bonchev–Trinajstić information content (AvgIpc) is 3.34. The van der Waals surface area contributed by atoms with Gasteiger partial charge in [0.05, 0.1) is 10.9 Å². The van der Waals surface area contributed by atoms with Gasteiger partial charge >= 0.3 is 0 Å². The Morgan fingerprint density at radius 2 is 1.72 bits per heavy atom. The maximum Gasteiger partial charge on any atom is 0.272 e. The highest BCUT2D eigenvalue weighted by Gasteiger charge is 2.17. The molecule has 1 unspecified atom stereocenters. The molecule has 1 heterocycles. The van der Waals surface area contributed by atoms with E-state index in [4.69, 9.17) is 0 Å². The average molecular weight is 622 g/mol. The van der Waals surface area contributed by atoms with Crippen LogP contribution in [-0.4, -0.2) is 28.0 Å². The smallest absolute Gasteiger partial charge is 0.272 e. The number of nitrogens with one attached hydrogen (secondary N) is 3. The number of carbonyl (C=O) groups is 3. The topological polar surface area (TPSA) is 100 Å². The standard InChI is InChI=1S/C29H25BrN4O3S2/c1-18-17-38-29(31-18)34-26(35)19(2)39-24-13-11-23(12-14-24)32-28(37)25(16-20-7-6-10-22(30)15-20)33-27(36)21-8-4-3-5-9-21/h3-17,19H,1-2H3,(H,32,37)(H,33,36)(H,31,34,35)/b25-16-. The van der Waals surface area contributed by atoms with Crippen molar-refractivity contribution in [1.82, 2.24) is 10.3 Å². The van der Waals surface area contributed by atoms with Gasteiger partial charge in [-0.25, -0.2) is 4.98 Å². The normalized spacial score (nSPS) is 11.9. The van der Waals surface area contributed by atoms with E-state index in [1.807, 2.05) is 61.7 Å². The summed E-state index contributed by atoms with van der Waals surface area (Å²) >= 11 is 6.22. The number of amides is 3. The predicted octanol–water partition coefficient (Wildman–Crippen LogP) is 6.74. The quantitative estimate of drug-likeness (QED) is 0.142. The van der Waals surface area contributed by atoms with Gasteiger partial charge < -0.3 is 16.0 Å². The summed E-state index contributed by atoms with van der Waals surface area (Å²) < 4.78 is 0.850. The molecule has 4 rings (SSSR count). The molecule has 0 saturated carbocycles. The fourth-order valence-corrected chi connectivity index (χ4v) is 5.37. The van der Waals surface area contributed by atoms with E-state index in [-0.39, 0.29) is 22.8 Å². The van der Waals surface area contributed by atoms with E-state index in [9.17, 15) is 14.4 Å². The van der Waals surface area contributed by atoms with E-state index < -0.39 is 5.91 Å². The van der Waals surface area contributed by atoms with Crippen LogP contribution in [0.2, 0.25) is 0 Å². The van der Waals surface area contributed by atoms with Crippen molar-refractivity contribution >= 4 is 73.6 Å². The van der Waals surface area contributed by atoms with Crippen LogP contribution in [0.1, 0.15) is 28.5 Å². The number of nitrogens with zero attached hydrogens (tertiary/aromatic N) is 1. The summed E-state index contributed by atoms with van der Waals surface area (Å²) in [6, 6.07) is 23.3. The lowest BCUT2D eigenvalue weighted by Gasteiger charge is -2.13. The summed E-state index contributed by atoms with van der Waals surface area (Å²) in [5.41, 5.74) is 2.70. The van der Waals surface area contributed by atoms with Crippen molar-refractivity contribution in [2.45, 2.75) is 24.0 Å². The fraction of sp³-hybridized carbons (Fsp3) is 0.103. The number of halogens is 1. The van der Waals surface area contributed by atoms with Crippen molar-refractivity contribution in [3.8, 4) is 0 Å². The molecule has 0 spiro atoms. The third-order valence-corrected chi connectivity index (χ3v) is 7.81. The third-order valence-electron chi connectivity index (χ3n) is 5.33. The largest absolute Gasteiger partial charge is 0.321 e. The van der Waals surface area contributed by atoms with Crippen molar-refractivity contribution in [2.24, 2.45) is 0 Å².